The highest BCUT2D eigenvalue weighted by molar-refractivity contribution is 7.89. The topological polar surface area (TPSA) is 108 Å². The van der Waals surface area contributed by atoms with Gasteiger partial charge in [-0.25, -0.2) is 13.1 Å². The number of ether oxygens (including phenoxy) is 2. The zero-order valence-electron chi connectivity index (χ0n) is 11.1. The van der Waals surface area contributed by atoms with Crippen molar-refractivity contribution < 1.29 is 22.8 Å². The SMILES string of the molecule is COC(CCNS(=O)(=O)c1ccccc1[N+](=O)[O-])OC. The van der Waals surface area contributed by atoms with Crippen LogP contribution >= 0.6 is 0 Å². The number of hydrogen-bond donors (Lipinski definition) is 1. The van der Waals surface area contributed by atoms with Crippen LogP contribution in [0.3, 0.4) is 0 Å². The Kier molecular flexibility index (Phi) is 6.02. The highest BCUT2D eigenvalue weighted by Gasteiger charge is 2.24. The fourth-order valence-electron chi connectivity index (χ4n) is 1.56. The van der Waals surface area contributed by atoms with E-state index in [-0.39, 0.29) is 17.9 Å². The number of methoxy groups -OCH3 is 2. The van der Waals surface area contributed by atoms with Crippen LogP contribution in [0.1, 0.15) is 6.42 Å². The molecule has 8 nitrogen and oxygen atoms in total. The van der Waals surface area contributed by atoms with Crippen LogP contribution in [-0.4, -0.2) is 40.4 Å². The van der Waals surface area contributed by atoms with Crippen molar-refractivity contribution in [2.75, 3.05) is 20.8 Å². The Balaban J connectivity index is 2.82. The number of benzene rings is 1. The summed E-state index contributed by atoms with van der Waals surface area (Å²) >= 11 is 0. The van der Waals surface area contributed by atoms with Crippen LogP contribution in [0.4, 0.5) is 5.69 Å². The third-order valence-electron chi connectivity index (χ3n) is 2.55. The van der Waals surface area contributed by atoms with E-state index in [2.05, 4.69) is 4.72 Å². The Bertz CT molecular complexity index is 556. The molecular weight excluding hydrogens is 288 g/mol. The first-order chi connectivity index (χ1) is 9.42. The third-order valence-corrected chi connectivity index (χ3v) is 4.06. The molecule has 0 heterocycles. The third kappa shape index (κ3) is 4.23. The second kappa shape index (κ2) is 7.29. The molecule has 0 amide bonds. The van der Waals surface area contributed by atoms with E-state index in [1.165, 1.54) is 32.4 Å². The monoisotopic (exact) mass is 304 g/mol. The fourth-order valence-corrected chi connectivity index (χ4v) is 2.77. The minimum atomic E-state index is -3.95. The molecule has 0 radical (unpaired) electrons. The molecule has 0 aromatic heterocycles. The van der Waals surface area contributed by atoms with E-state index in [0.717, 1.165) is 6.07 Å². The second-order valence-corrected chi connectivity index (χ2v) is 5.55. The number of nitro groups is 1. The Hall–Kier alpha value is -1.55. The molecule has 1 aromatic carbocycles. The van der Waals surface area contributed by atoms with Crippen LogP contribution in [-0.2, 0) is 19.5 Å². The molecule has 1 rings (SSSR count). The van der Waals surface area contributed by atoms with Crippen molar-refractivity contribution >= 4 is 15.7 Å². The van der Waals surface area contributed by atoms with Crippen LogP contribution in [0, 0.1) is 10.1 Å². The number of nitrogens with one attached hydrogen (secondary N) is 1. The van der Waals surface area contributed by atoms with Crippen molar-refractivity contribution in [3.05, 3.63) is 34.4 Å². The van der Waals surface area contributed by atoms with Gasteiger partial charge in [-0.05, 0) is 6.07 Å². The zero-order valence-corrected chi connectivity index (χ0v) is 11.9. The van der Waals surface area contributed by atoms with Crippen LogP contribution < -0.4 is 4.72 Å². The van der Waals surface area contributed by atoms with Crippen molar-refractivity contribution in [1.82, 2.24) is 4.72 Å². The normalized spacial score (nSPS) is 11.8. The second-order valence-electron chi connectivity index (χ2n) is 3.81. The van der Waals surface area contributed by atoms with Gasteiger partial charge in [0.25, 0.3) is 5.69 Å². The first-order valence-electron chi connectivity index (χ1n) is 5.71. The lowest BCUT2D eigenvalue weighted by molar-refractivity contribution is -0.387. The van der Waals surface area contributed by atoms with Gasteiger partial charge in [0.1, 0.15) is 0 Å². The van der Waals surface area contributed by atoms with E-state index >= 15 is 0 Å². The predicted octanol–water partition coefficient (Wildman–Crippen LogP) is 0.882. The van der Waals surface area contributed by atoms with Gasteiger partial charge in [0.15, 0.2) is 11.2 Å². The van der Waals surface area contributed by atoms with Gasteiger partial charge in [-0.3, -0.25) is 10.1 Å². The Morgan fingerprint density at radius 3 is 2.45 bits per heavy atom. The van der Waals surface area contributed by atoms with Gasteiger partial charge < -0.3 is 9.47 Å². The quantitative estimate of drug-likeness (QED) is 0.434. The maximum atomic E-state index is 12.0. The minimum absolute atomic E-state index is 0.0424. The molecule has 0 aliphatic rings. The molecule has 0 spiro atoms. The average molecular weight is 304 g/mol. The average Bonchev–Trinajstić information content (AvgIpc) is 2.43. The molecule has 1 aromatic rings. The van der Waals surface area contributed by atoms with Gasteiger partial charge in [0.2, 0.25) is 10.0 Å². The summed E-state index contributed by atoms with van der Waals surface area (Å²) in [5.41, 5.74) is -0.463. The number of rotatable bonds is 8. The Morgan fingerprint density at radius 2 is 1.90 bits per heavy atom. The lowest BCUT2D eigenvalue weighted by Gasteiger charge is -2.13. The fraction of sp³-hybridized carbons (Fsp3) is 0.455. The van der Waals surface area contributed by atoms with Gasteiger partial charge in [-0.2, -0.15) is 0 Å². The molecule has 9 heteroatoms. The van der Waals surface area contributed by atoms with Crippen LogP contribution in [0.2, 0.25) is 0 Å². The van der Waals surface area contributed by atoms with Gasteiger partial charge >= 0.3 is 0 Å². The highest BCUT2D eigenvalue weighted by Crippen LogP contribution is 2.22. The molecule has 0 unspecified atom stereocenters. The summed E-state index contributed by atoms with van der Waals surface area (Å²) in [6, 6.07) is 5.16. The van der Waals surface area contributed by atoms with Crippen molar-refractivity contribution in [2.24, 2.45) is 0 Å². The molecule has 0 aliphatic carbocycles. The molecule has 20 heavy (non-hydrogen) atoms. The van der Waals surface area contributed by atoms with E-state index in [1.54, 1.807) is 0 Å². The zero-order chi connectivity index (χ0) is 15.2. The van der Waals surface area contributed by atoms with Gasteiger partial charge in [0, 0.05) is 33.3 Å². The van der Waals surface area contributed by atoms with Crippen molar-refractivity contribution in [2.45, 2.75) is 17.6 Å². The van der Waals surface area contributed by atoms with Crippen LogP contribution in [0.25, 0.3) is 0 Å². The van der Waals surface area contributed by atoms with E-state index in [0.29, 0.717) is 0 Å². The maximum Gasteiger partial charge on any atom is 0.289 e. The predicted molar refractivity (Wildman–Crippen MR) is 70.7 cm³/mol. The standard InChI is InChI=1S/C11H16N2O6S/c1-18-11(19-2)7-8-12-20(16,17)10-6-4-3-5-9(10)13(14)15/h3-6,11-12H,7-8H2,1-2H3. The van der Waals surface area contributed by atoms with Crippen molar-refractivity contribution in [3.63, 3.8) is 0 Å². The summed E-state index contributed by atoms with van der Waals surface area (Å²) in [6.45, 7) is 0.0424. The van der Waals surface area contributed by atoms with Crippen LogP contribution in [0.15, 0.2) is 29.2 Å². The van der Waals surface area contributed by atoms with Gasteiger partial charge in [-0.1, -0.05) is 12.1 Å². The lowest BCUT2D eigenvalue weighted by atomic mass is 10.3. The Morgan fingerprint density at radius 1 is 1.30 bits per heavy atom. The number of nitrogens with zero attached hydrogens (tertiary/aromatic N) is 1. The first-order valence-corrected chi connectivity index (χ1v) is 7.19. The number of sulfonamides is 1. The maximum absolute atomic E-state index is 12.0. The molecule has 0 atom stereocenters. The van der Waals surface area contributed by atoms with Gasteiger partial charge in [-0.15, -0.1) is 0 Å². The van der Waals surface area contributed by atoms with E-state index < -0.39 is 26.9 Å². The molecule has 1 N–H and O–H groups in total. The highest BCUT2D eigenvalue weighted by atomic mass is 32.2. The van der Waals surface area contributed by atoms with E-state index in [1.807, 2.05) is 0 Å². The molecule has 0 fully saturated rings. The lowest BCUT2D eigenvalue weighted by Crippen LogP contribution is -2.29. The van der Waals surface area contributed by atoms with Gasteiger partial charge in [0.05, 0.1) is 4.92 Å². The summed E-state index contributed by atoms with van der Waals surface area (Å²) in [7, 11) is -1.08. The van der Waals surface area contributed by atoms with E-state index in [4.69, 9.17) is 9.47 Å². The molecule has 0 saturated heterocycles. The van der Waals surface area contributed by atoms with Crippen molar-refractivity contribution in [3.8, 4) is 0 Å². The molecule has 0 bridgehead atoms. The summed E-state index contributed by atoms with van der Waals surface area (Å²) in [4.78, 5) is 9.72. The summed E-state index contributed by atoms with van der Waals surface area (Å²) < 4.78 is 36.1. The molecule has 112 valence electrons. The molecule has 0 aliphatic heterocycles. The van der Waals surface area contributed by atoms with Crippen molar-refractivity contribution in [1.29, 1.82) is 0 Å². The molecule has 0 saturated carbocycles. The Labute approximate surface area is 116 Å². The number of para-hydroxylation sites is 1. The number of nitro benzene ring substituents is 1. The molecular formula is C11H16N2O6S. The minimum Gasteiger partial charge on any atom is -0.356 e. The van der Waals surface area contributed by atoms with E-state index in [9.17, 15) is 18.5 Å². The summed E-state index contributed by atoms with van der Waals surface area (Å²) in [5.74, 6) is 0. The van der Waals surface area contributed by atoms with Crippen LogP contribution in [0.5, 0.6) is 0 Å². The first kappa shape index (κ1) is 16.5. The summed E-state index contributed by atoms with van der Waals surface area (Å²) in [6.07, 6.45) is -0.254. The smallest absolute Gasteiger partial charge is 0.289 e. The summed E-state index contributed by atoms with van der Waals surface area (Å²) in [5, 5.41) is 10.8. The number of hydrogen-bond acceptors (Lipinski definition) is 6. The largest absolute Gasteiger partial charge is 0.356 e.